The Morgan fingerprint density at radius 1 is 1.06 bits per heavy atom. The Labute approximate surface area is 201 Å². The van der Waals surface area contributed by atoms with Crippen molar-refractivity contribution in [1.29, 1.82) is 0 Å². The molecule has 3 atom stereocenters. The van der Waals surface area contributed by atoms with Gasteiger partial charge in [-0.25, -0.2) is 4.98 Å². The van der Waals surface area contributed by atoms with Gasteiger partial charge in [-0.1, -0.05) is 18.5 Å². The second-order valence-corrected chi connectivity index (χ2v) is 11.5. The van der Waals surface area contributed by atoms with E-state index in [2.05, 4.69) is 33.8 Å². The maximum atomic E-state index is 12.9. The highest BCUT2D eigenvalue weighted by atomic mass is 35.5. The second kappa shape index (κ2) is 8.42. The van der Waals surface area contributed by atoms with Crippen molar-refractivity contribution in [3.8, 4) is 0 Å². The molecule has 33 heavy (non-hydrogen) atoms. The molecule has 0 radical (unpaired) electrons. The van der Waals surface area contributed by atoms with Crippen LogP contribution in [0.25, 0.3) is 0 Å². The van der Waals surface area contributed by atoms with Crippen molar-refractivity contribution < 1.29 is 0 Å². The van der Waals surface area contributed by atoms with Crippen LogP contribution in [-0.2, 0) is 12.8 Å². The number of anilines is 1. The number of aromatic nitrogens is 2. The normalized spacial score (nSPS) is 29.2. The summed E-state index contributed by atoms with van der Waals surface area (Å²) in [6.07, 6.45) is 9.26. The van der Waals surface area contributed by atoms with E-state index in [0.29, 0.717) is 23.3 Å². The molecule has 3 unspecified atom stereocenters. The van der Waals surface area contributed by atoms with Crippen molar-refractivity contribution in [1.82, 2.24) is 14.9 Å². The molecule has 3 aliphatic carbocycles. The van der Waals surface area contributed by atoms with E-state index in [0.717, 1.165) is 67.5 Å². The number of fused-ring (bicyclic) bond motifs is 1. The van der Waals surface area contributed by atoms with E-state index in [4.69, 9.17) is 16.6 Å². The van der Waals surface area contributed by atoms with Crippen LogP contribution < -0.4 is 10.5 Å². The van der Waals surface area contributed by atoms with Crippen LogP contribution in [0.3, 0.4) is 0 Å². The Morgan fingerprint density at radius 2 is 1.82 bits per heavy atom. The van der Waals surface area contributed by atoms with E-state index in [-0.39, 0.29) is 5.56 Å². The molecule has 6 heteroatoms. The van der Waals surface area contributed by atoms with Crippen molar-refractivity contribution in [2.24, 2.45) is 11.3 Å². The van der Waals surface area contributed by atoms with E-state index >= 15 is 0 Å². The first-order chi connectivity index (χ1) is 16.0. The van der Waals surface area contributed by atoms with Crippen LogP contribution in [0.1, 0.15) is 68.4 Å². The molecule has 3 fully saturated rings. The summed E-state index contributed by atoms with van der Waals surface area (Å²) in [5.41, 5.74) is 3.95. The molecule has 2 saturated carbocycles. The average Bonchev–Trinajstić information content (AvgIpc) is 3.59. The molecular weight excluding hydrogens is 432 g/mol. The van der Waals surface area contributed by atoms with Crippen LogP contribution in [0.4, 0.5) is 5.69 Å². The molecule has 5 nitrogen and oxygen atoms in total. The van der Waals surface area contributed by atoms with Gasteiger partial charge in [0.1, 0.15) is 5.82 Å². The minimum Gasteiger partial charge on any atom is -0.369 e. The van der Waals surface area contributed by atoms with Crippen LogP contribution in [0, 0.1) is 11.3 Å². The molecule has 0 bridgehead atoms. The average molecular weight is 467 g/mol. The Hall–Kier alpha value is -1.85. The first-order valence-corrected chi connectivity index (χ1v) is 13.2. The molecule has 2 aromatic rings. The van der Waals surface area contributed by atoms with E-state index in [1.807, 2.05) is 12.1 Å². The first kappa shape index (κ1) is 21.7. The van der Waals surface area contributed by atoms with Crippen LogP contribution >= 0.6 is 11.6 Å². The van der Waals surface area contributed by atoms with Crippen molar-refractivity contribution in [3.05, 3.63) is 56.7 Å². The molecule has 176 valence electrons. The zero-order chi connectivity index (χ0) is 22.6. The number of nitrogens with zero attached hydrogens (tertiary/aromatic N) is 3. The SMILES string of the molecule is CC1CC(N2CCN(c3ccc(Cl)cc3)CC2)CCC1c1nc2c(c(=O)[nH]1)CC1(CC2)CC1. The highest BCUT2D eigenvalue weighted by Gasteiger charge is 2.46. The van der Waals surface area contributed by atoms with Crippen molar-refractivity contribution in [2.45, 2.75) is 70.3 Å². The smallest absolute Gasteiger partial charge is 0.254 e. The fourth-order valence-electron chi connectivity index (χ4n) is 6.68. The highest BCUT2D eigenvalue weighted by Crippen LogP contribution is 2.54. The zero-order valence-electron chi connectivity index (χ0n) is 19.7. The van der Waals surface area contributed by atoms with Crippen LogP contribution in [0.15, 0.2) is 29.1 Å². The summed E-state index contributed by atoms with van der Waals surface area (Å²) in [7, 11) is 0. The van der Waals surface area contributed by atoms with E-state index in [1.54, 1.807) is 0 Å². The van der Waals surface area contributed by atoms with Crippen LogP contribution in [0.5, 0.6) is 0 Å². The van der Waals surface area contributed by atoms with Gasteiger partial charge in [-0.2, -0.15) is 0 Å². The Kier molecular flexibility index (Phi) is 5.53. The number of piperazine rings is 1. The Balaban J connectivity index is 1.08. The summed E-state index contributed by atoms with van der Waals surface area (Å²) >= 11 is 6.05. The standard InChI is InChI=1S/C27H35ClN4O/c1-18-16-21(32-14-12-31(13-15-32)20-4-2-19(28)3-5-20)6-7-22(18)25-29-24-8-9-27(10-11-27)17-23(24)26(33)30-25/h2-5,18,21-22H,6-17H2,1H3,(H,29,30,33). The summed E-state index contributed by atoms with van der Waals surface area (Å²) in [5, 5.41) is 0.796. The van der Waals surface area contributed by atoms with Gasteiger partial charge in [0.25, 0.3) is 5.56 Å². The highest BCUT2D eigenvalue weighted by molar-refractivity contribution is 6.30. The number of rotatable bonds is 3. The largest absolute Gasteiger partial charge is 0.369 e. The third-order valence-corrected chi connectivity index (χ3v) is 9.29. The van der Waals surface area contributed by atoms with Gasteiger partial charge in [0.05, 0.1) is 5.69 Å². The summed E-state index contributed by atoms with van der Waals surface area (Å²) in [6.45, 7) is 6.72. The number of hydrogen-bond acceptors (Lipinski definition) is 4. The lowest BCUT2D eigenvalue weighted by atomic mass is 9.76. The summed E-state index contributed by atoms with van der Waals surface area (Å²) in [4.78, 5) is 26.3. The molecule has 1 aliphatic heterocycles. The molecule has 1 spiro atoms. The first-order valence-electron chi connectivity index (χ1n) is 12.9. The van der Waals surface area contributed by atoms with Crippen LogP contribution in [0.2, 0.25) is 5.02 Å². The summed E-state index contributed by atoms with van der Waals surface area (Å²) in [5.74, 6) is 1.88. The van der Waals surface area contributed by atoms with Gasteiger partial charge < -0.3 is 9.88 Å². The minimum atomic E-state index is 0.147. The van der Waals surface area contributed by atoms with E-state index < -0.39 is 0 Å². The molecule has 4 aliphatic rings. The zero-order valence-corrected chi connectivity index (χ0v) is 20.4. The number of H-pyrrole nitrogens is 1. The van der Waals surface area contributed by atoms with Crippen molar-refractivity contribution >= 4 is 17.3 Å². The maximum absolute atomic E-state index is 12.9. The lowest BCUT2D eigenvalue weighted by Crippen LogP contribution is -2.52. The monoisotopic (exact) mass is 466 g/mol. The lowest BCUT2D eigenvalue weighted by Gasteiger charge is -2.44. The van der Waals surface area contributed by atoms with Crippen LogP contribution in [-0.4, -0.2) is 47.1 Å². The van der Waals surface area contributed by atoms with Crippen molar-refractivity contribution in [3.63, 3.8) is 0 Å². The van der Waals surface area contributed by atoms with Gasteiger partial charge in [0.2, 0.25) is 0 Å². The number of aryl methyl sites for hydroxylation is 1. The third kappa shape index (κ3) is 4.23. The topological polar surface area (TPSA) is 52.2 Å². The fraction of sp³-hybridized carbons (Fsp3) is 0.630. The maximum Gasteiger partial charge on any atom is 0.254 e. The number of hydrogen-bond donors (Lipinski definition) is 1. The Morgan fingerprint density at radius 3 is 2.52 bits per heavy atom. The van der Waals surface area contributed by atoms with E-state index in [1.165, 1.54) is 37.8 Å². The van der Waals surface area contributed by atoms with E-state index in [9.17, 15) is 4.79 Å². The predicted molar refractivity (Wildman–Crippen MR) is 133 cm³/mol. The number of aromatic amines is 1. The van der Waals surface area contributed by atoms with Crippen molar-refractivity contribution in [2.75, 3.05) is 31.1 Å². The minimum absolute atomic E-state index is 0.147. The summed E-state index contributed by atoms with van der Waals surface area (Å²) in [6, 6.07) is 8.86. The third-order valence-electron chi connectivity index (χ3n) is 9.04. The molecule has 0 amide bonds. The Bertz CT molecular complexity index is 1070. The lowest BCUT2D eigenvalue weighted by molar-refractivity contribution is 0.115. The fourth-order valence-corrected chi connectivity index (χ4v) is 6.81. The molecular formula is C27H35ClN4O. The molecule has 1 aromatic carbocycles. The molecule has 2 heterocycles. The number of nitrogens with one attached hydrogen (secondary N) is 1. The van der Waals surface area contributed by atoms with Gasteiger partial charge in [0.15, 0.2) is 0 Å². The molecule has 1 saturated heterocycles. The van der Waals surface area contributed by atoms with Gasteiger partial charge in [0, 0.05) is 54.4 Å². The number of benzene rings is 1. The molecule has 1 N–H and O–H groups in total. The second-order valence-electron chi connectivity index (χ2n) is 11.1. The van der Waals surface area contributed by atoms with Gasteiger partial charge in [-0.3, -0.25) is 9.69 Å². The summed E-state index contributed by atoms with van der Waals surface area (Å²) < 4.78 is 0. The molecule has 1 aromatic heterocycles. The number of halogens is 1. The van der Waals surface area contributed by atoms with Gasteiger partial charge in [-0.05, 0) is 87.0 Å². The predicted octanol–water partition coefficient (Wildman–Crippen LogP) is 4.79. The van der Waals surface area contributed by atoms with Gasteiger partial charge >= 0.3 is 0 Å². The quantitative estimate of drug-likeness (QED) is 0.706. The molecule has 6 rings (SSSR count). The van der Waals surface area contributed by atoms with Gasteiger partial charge in [-0.15, -0.1) is 0 Å².